The third-order valence-corrected chi connectivity index (χ3v) is 8.39. The zero-order valence-electron chi connectivity index (χ0n) is 17.6. The predicted molar refractivity (Wildman–Crippen MR) is 116 cm³/mol. The Kier molecular flexibility index (Phi) is 7.71. The highest BCUT2D eigenvalue weighted by Gasteiger charge is 2.44. The van der Waals surface area contributed by atoms with Crippen LogP contribution in [0.3, 0.4) is 0 Å². The highest BCUT2D eigenvalue weighted by Crippen LogP contribution is 2.36. The van der Waals surface area contributed by atoms with Crippen molar-refractivity contribution in [1.82, 2.24) is 14.5 Å². The quantitative estimate of drug-likeness (QED) is 0.734. The first kappa shape index (κ1) is 22.2. The van der Waals surface area contributed by atoms with Gasteiger partial charge < -0.3 is 10.2 Å². The van der Waals surface area contributed by atoms with E-state index in [-0.39, 0.29) is 11.7 Å². The Morgan fingerprint density at radius 1 is 1.00 bits per heavy atom. The van der Waals surface area contributed by atoms with Crippen LogP contribution < -0.4 is 5.32 Å². The van der Waals surface area contributed by atoms with Gasteiger partial charge in [0.1, 0.15) is 0 Å². The standard InChI is InChI=1S/C22H35N3O3S/c1-2-29(27,28)25-17-12-22(13-18-25,20-10-6-5-7-11-20)21(26)23-14-19-24-15-8-3-4-9-16-24/h5-7,10-11H,2-4,8-9,12-19H2,1H3,(H,23,26). The SMILES string of the molecule is CCS(=O)(=O)N1CCC(C(=O)NCCN2CCCCCC2)(c2ccccc2)CC1. The number of sulfonamides is 1. The summed E-state index contributed by atoms with van der Waals surface area (Å²) in [5, 5.41) is 3.18. The number of likely N-dealkylation sites (tertiary alicyclic amines) is 1. The van der Waals surface area contributed by atoms with Gasteiger partial charge in [0.25, 0.3) is 0 Å². The molecule has 0 radical (unpaired) electrons. The fraction of sp³-hybridized carbons (Fsp3) is 0.682. The normalized spacial score (nSPS) is 21.4. The largest absolute Gasteiger partial charge is 0.354 e. The van der Waals surface area contributed by atoms with Crippen LogP contribution >= 0.6 is 0 Å². The molecule has 0 aliphatic carbocycles. The molecule has 2 saturated heterocycles. The Hall–Kier alpha value is -1.44. The molecule has 1 N–H and O–H groups in total. The number of hydrogen-bond acceptors (Lipinski definition) is 4. The number of piperidine rings is 1. The van der Waals surface area contributed by atoms with E-state index >= 15 is 0 Å². The molecule has 29 heavy (non-hydrogen) atoms. The number of amides is 1. The topological polar surface area (TPSA) is 69.7 Å². The molecule has 1 amide bonds. The lowest BCUT2D eigenvalue weighted by Crippen LogP contribution is -2.53. The van der Waals surface area contributed by atoms with Gasteiger partial charge in [-0.15, -0.1) is 0 Å². The van der Waals surface area contributed by atoms with E-state index in [4.69, 9.17) is 0 Å². The molecule has 2 aliphatic heterocycles. The van der Waals surface area contributed by atoms with E-state index in [9.17, 15) is 13.2 Å². The van der Waals surface area contributed by atoms with Gasteiger partial charge in [-0.05, 0) is 51.3 Å². The number of nitrogens with zero attached hydrogens (tertiary/aromatic N) is 2. The summed E-state index contributed by atoms with van der Waals surface area (Å²) >= 11 is 0. The second-order valence-electron chi connectivity index (χ2n) is 8.26. The van der Waals surface area contributed by atoms with E-state index in [0.29, 0.717) is 32.5 Å². The minimum Gasteiger partial charge on any atom is -0.354 e. The first-order valence-corrected chi connectivity index (χ1v) is 12.6. The maximum Gasteiger partial charge on any atom is 0.230 e. The van der Waals surface area contributed by atoms with E-state index in [1.54, 1.807) is 11.2 Å². The van der Waals surface area contributed by atoms with E-state index in [0.717, 1.165) is 25.2 Å². The van der Waals surface area contributed by atoms with Crippen LogP contribution in [0.15, 0.2) is 30.3 Å². The van der Waals surface area contributed by atoms with Gasteiger partial charge in [-0.2, -0.15) is 0 Å². The molecular formula is C22H35N3O3S. The van der Waals surface area contributed by atoms with Crippen molar-refractivity contribution in [2.24, 2.45) is 0 Å². The second kappa shape index (κ2) is 10.0. The van der Waals surface area contributed by atoms with Crippen LogP contribution in [0.25, 0.3) is 0 Å². The molecule has 0 spiro atoms. The van der Waals surface area contributed by atoms with Gasteiger partial charge in [0.05, 0.1) is 11.2 Å². The average molecular weight is 422 g/mol. The van der Waals surface area contributed by atoms with E-state index in [1.165, 1.54) is 25.7 Å². The van der Waals surface area contributed by atoms with Crippen LogP contribution in [0, 0.1) is 0 Å². The van der Waals surface area contributed by atoms with Crippen LogP contribution in [-0.4, -0.2) is 68.6 Å². The molecule has 1 aromatic carbocycles. The number of hydrogen-bond donors (Lipinski definition) is 1. The minimum absolute atomic E-state index is 0.0343. The molecule has 162 valence electrons. The molecule has 3 rings (SSSR count). The molecule has 2 heterocycles. The third kappa shape index (κ3) is 5.38. The predicted octanol–water partition coefficient (Wildman–Crippen LogP) is 2.36. The number of nitrogens with one attached hydrogen (secondary N) is 1. The average Bonchev–Trinajstić information content (AvgIpc) is 3.03. The van der Waals surface area contributed by atoms with Crippen molar-refractivity contribution in [2.75, 3.05) is 45.0 Å². The smallest absolute Gasteiger partial charge is 0.230 e. The molecule has 7 heteroatoms. The molecule has 6 nitrogen and oxygen atoms in total. The minimum atomic E-state index is -3.22. The van der Waals surface area contributed by atoms with Gasteiger partial charge in [0.2, 0.25) is 15.9 Å². The summed E-state index contributed by atoms with van der Waals surface area (Å²) in [6.45, 7) is 6.21. The summed E-state index contributed by atoms with van der Waals surface area (Å²) < 4.78 is 26.1. The van der Waals surface area contributed by atoms with Crippen molar-refractivity contribution < 1.29 is 13.2 Å². The fourth-order valence-corrected chi connectivity index (χ4v) is 5.69. The summed E-state index contributed by atoms with van der Waals surface area (Å²) in [4.78, 5) is 15.8. The first-order chi connectivity index (χ1) is 14.0. The van der Waals surface area contributed by atoms with Gasteiger partial charge in [-0.25, -0.2) is 12.7 Å². The maximum absolute atomic E-state index is 13.4. The summed E-state index contributed by atoms with van der Waals surface area (Å²) in [6, 6.07) is 9.86. The Morgan fingerprint density at radius 3 is 2.21 bits per heavy atom. The number of carbonyl (C=O) groups is 1. The number of rotatable bonds is 7. The van der Waals surface area contributed by atoms with E-state index in [2.05, 4.69) is 10.2 Å². The molecule has 2 aliphatic rings. The van der Waals surface area contributed by atoms with Gasteiger partial charge in [-0.1, -0.05) is 43.2 Å². The molecule has 0 atom stereocenters. The van der Waals surface area contributed by atoms with Crippen LogP contribution in [0.2, 0.25) is 0 Å². The van der Waals surface area contributed by atoms with Gasteiger partial charge >= 0.3 is 0 Å². The third-order valence-electron chi connectivity index (χ3n) is 6.51. The number of carbonyl (C=O) groups excluding carboxylic acids is 1. The van der Waals surface area contributed by atoms with E-state index < -0.39 is 15.4 Å². The molecule has 0 bridgehead atoms. The zero-order chi connectivity index (χ0) is 20.7. The van der Waals surface area contributed by atoms with Crippen molar-refractivity contribution in [1.29, 1.82) is 0 Å². The van der Waals surface area contributed by atoms with Crippen LogP contribution in [0.4, 0.5) is 0 Å². The highest BCUT2D eigenvalue weighted by molar-refractivity contribution is 7.89. The van der Waals surface area contributed by atoms with Gasteiger partial charge in [0.15, 0.2) is 0 Å². The molecule has 0 unspecified atom stereocenters. The summed E-state index contributed by atoms with van der Waals surface area (Å²) in [5.41, 5.74) is 0.334. The Morgan fingerprint density at radius 2 is 1.62 bits per heavy atom. The highest BCUT2D eigenvalue weighted by atomic mass is 32.2. The zero-order valence-corrected chi connectivity index (χ0v) is 18.4. The molecule has 2 fully saturated rings. The van der Waals surface area contributed by atoms with Crippen molar-refractivity contribution >= 4 is 15.9 Å². The monoisotopic (exact) mass is 421 g/mol. The number of benzene rings is 1. The Balaban J connectivity index is 1.67. The summed E-state index contributed by atoms with van der Waals surface area (Å²) in [5.74, 6) is 0.139. The molecule has 1 aromatic rings. The van der Waals surface area contributed by atoms with Crippen LogP contribution in [0.5, 0.6) is 0 Å². The first-order valence-electron chi connectivity index (χ1n) is 11.0. The summed E-state index contributed by atoms with van der Waals surface area (Å²) in [7, 11) is -3.22. The van der Waals surface area contributed by atoms with Crippen molar-refractivity contribution in [3.63, 3.8) is 0 Å². The van der Waals surface area contributed by atoms with Crippen molar-refractivity contribution in [3.05, 3.63) is 35.9 Å². The Labute approximate surface area is 175 Å². The van der Waals surface area contributed by atoms with E-state index in [1.807, 2.05) is 30.3 Å². The lowest BCUT2D eigenvalue weighted by molar-refractivity contribution is -0.128. The molecule has 0 aromatic heterocycles. The Bertz CT molecular complexity index is 751. The van der Waals surface area contributed by atoms with Crippen molar-refractivity contribution in [3.8, 4) is 0 Å². The summed E-state index contributed by atoms with van der Waals surface area (Å²) in [6.07, 6.45) is 6.12. The van der Waals surface area contributed by atoms with Crippen LogP contribution in [-0.2, 0) is 20.2 Å². The maximum atomic E-state index is 13.4. The fourth-order valence-electron chi connectivity index (χ4n) is 4.59. The van der Waals surface area contributed by atoms with Crippen LogP contribution in [0.1, 0.15) is 51.0 Å². The molecular weight excluding hydrogens is 386 g/mol. The van der Waals surface area contributed by atoms with Gasteiger partial charge in [-0.3, -0.25) is 4.79 Å². The van der Waals surface area contributed by atoms with Crippen molar-refractivity contribution in [2.45, 2.75) is 50.9 Å². The lowest BCUT2D eigenvalue weighted by atomic mass is 9.72. The van der Waals surface area contributed by atoms with Gasteiger partial charge in [0, 0.05) is 26.2 Å². The lowest BCUT2D eigenvalue weighted by Gasteiger charge is -2.40. The molecule has 0 saturated carbocycles. The second-order valence-corrected chi connectivity index (χ2v) is 10.5.